The number of ether oxygens (including phenoxy) is 1. The number of allylic oxidation sites excluding steroid dienone is 1. The first-order valence-corrected chi connectivity index (χ1v) is 13.3. The number of amides is 1. The standard InChI is InChI=1S/C23H33N3O6S2/c1-5-20(32-14-6-7-16(2)28)21(22(29)25-23-24-15-17(3)33-23)18-8-10-19(11-9-18)34(30,31)26(4)12-13-27/h8-11,15-16,27-28H,5-7,12-14H2,1-4H3,(H,24,25,29)/b21-20+/t16-/m0/s1. The highest BCUT2D eigenvalue weighted by Gasteiger charge is 2.23. The molecule has 0 aliphatic carbocycles. The molecule has 1 aromatic carbocycles. The molecule has 34 heavy (non-hydrogen) atoms. The van der Waals surface area contributed by atoms with Crippen LogP contribution in [0, 0.1) is 6.92 Å². The molecular formula is C23H33N3O6S2. The molecule has 9 nitrogen and oxygen atoms in total. The van der Waals surface area contributed by atoms with Gasteiger partial charge >= 0.3 is 0 Å². The molecule has 0 saturated carbocycles. The molecule has 0 spiro atoms. The highest BCUT2D eigenvalue weighted by Crippen LogP contribution is 2.27. The molecule has 1 heterocycles. The minimum Gasteiger partial charge on any atom is -0.497 e. The average Bonchev–Trinajstić information content (AvgIpc) is 3.20. The largest absolute Gasteiger partial charge is 0.497 e. The fourth-order valence-corrected chi connectivity index (χ4v) is 4.97. The van der Waals surface area contributed by atoms with Gasteiger partial charge in [-0.3, -0.25) is 10.1 Å². The number of aliphatic hydroxyl groups excluding tert-OH is 2. The van der Waals surface area contributed by atoms with Crippen LogP contribution in [-0.4, -0.2) is 66.7 Å². The third kappa shape index (κ3) is 7.60. The Morgan fingerprint density at radius 1 is 1.29 bits per heavy atom. The number of hydrogen-bond acceptors (Lipinski definition) is 8. The number of aromatic nitrogens is 1. The zero-order chi connectivity index (χ0) is 25.3. The summed E-state index contributed by atoms with van der Waals surface area (Å²) in [5, 5.41) is 21.8. The highest BCUT2D eigenvalue weighted by atomic mass is 32.2. The number of nitrogens with zero attached hydrogens (tertiary/aromatic N) is 2. The Hall–Kier alpha value is -2.31. The van der Waals surface area contributed by atoms with Crippen LogP contribution in [0.2, 0.25) is 0 Å². The minimum absolute atomic E-state index is 0.0227. The van der Waals surface area contributed by atoms with Gasteiger partial charge in [-0.2, -0.15) is 4.31 Å². The quantitative estimate of drug-likeness (QED) is 0.214. The van der Waals surface area contributed by atoms with E-state index < -0.39 is 22.0 Å². The maximum atomic E-state index is 13.3. The first-order valence-electron chi connectivity index (χ1n) is 11.1. The van der Waals surface area contributed by atoms with Crippen LogP contribution in [0.25, 0.3) is 5.57 Å². The summed E-state index contributed by atoms with van der Waals surface area (Å²) < 4.78 is 32.3. The summed E-state index contributed by atoms with van der Waals surface area (Å²) in [7, 11) is -2.37. The molecular weight excluding hydrogens is 478 g/mol. The van der Waals surface area contributed by atoms with E-state index in [1.54, 1.807) is 25.3 Å². The Kier molecular flexibility index (Phi) is 10.6. The third-order valence-corrected chi connectivity index (χ3v) is 7.68. The van der Waals surface area contributed by atoms with Crippen molar-refractivity contribution >= 4 is 38.0 Å². The number of thiazole rings is 1. The summed E-state index contributed by atoms with van der Waals surface area (Å²) in [6, 6.07) is 5.99. The lowest BCUT2D eigenvalue weighted by molar-refractivity contribution is -0.111. The number of benzene rings is 1. The Morgan fingerprint density at radius 3 is 2.50 bits per heavy atom. The van der Waals surface area contributed by atoms with Gasteiger partial charge in [-0.1, -0.05) is 19.1 Å². The molecule has 1 aromatic heterocycles. The number of aryl methyl sites for hydroxylation is 1. The number of carbonyl (C=O) groups excluding carboxylic acids is 1. The zero-order valence-corrected chi connectivity index (χ0v) is 21.6. The molecule has 0 saturated heterocycles. The van der Waals surface area contributed by atoms with E-state index in [0.29, 0.717) is 47.9 Å². The predicted molar refractivity (Wildman–Crippen MR) is 133 cm³/mol. The number of carbonyl (C=O) groups is 1. The van der Waals surface area contributed by atoms with Crippen molar-refractivity contribution in [3.05, 3.63) is 46.7 Å². The van der Waals surface area contributed by atoms with E-state index in [2.05, 4.69) is 10.3 Å². The normalized spacial score (nSPS) is 13.5. The number of nitrogens with one attached hydrogen (secondary N) is 1. The minimum atomic E-state index is -3.77. The number of anilines is 1. The van der Waals surface area contributed by atoms with Crippen molar-refractivity contribution in [1.29, 1.82) is 0 Å². The van der Waals surface area contributed by atoms with Crippen LogP contribution in [0.4, 0.5) is 5.13 Å². The zero-order valence-electron chi connectivity index (χ0n) is 19.9. The second-order valence-electron chi connectivity index (χ2n) is 7.80. The van der Waals surface area contributed by atoms with Gasteiger partial charge in [0, 0.05) is 31.1 Å². The topological polar surface area (TPSA) is 129 Å². The van der Waals surface area contributed by atoms with Crippen molar-refractivity contribution in [3.63, 3.8) is 0 Å². The van der Waals surface area contributed by atoms with Crippen molar-refractivity contribution in [3.8, 4) is 0 Å². The van der Waals surface area contributed by atoms with E-state index in [4.69, 9.17) is 9.84 Å². The van der Waals surface area contributed by atoms with Crippen molar-refractivity contribution in [2.75, 3.05) is 32.1 Å². The first-order chi connectivity index (χ1) is 16.1. The number of hydrogen-bond donors (Lipinski definition) is 3. The number of likely N-dealkylation sites (N-methyl/N-ethyl adjacent to an activating group) is 1. The predicted octanol–water partition coefficient (Wildman–Crippen LogP) is 3.00. The molecule has 188 valence electrons. The van der Waals surface area contributed by atoms with Crippen LogP contribution in [-0.2, 0) is 19.6 Å². The molecule has 0 fully saturated rings. The third-order valence-electron chi connectivity index (χ3n) is 4.98. The Labute approximate surface area is 205 Å². The number of aliphatic hydroxyl groups is 2. The van der Waals surface area contributed by atoms with Gasteiger partial charge in [0.2, 0.25) is 10.0 Å². The van der Waals surface area contributed by atoms with Gasteiger partial charge in [-0.05, 0) is 44.4 Å². The summed E-state index contributed by atoms with van der Waals surface area (Å²) in [5.74, 6) is 0.0547. The fourth-order valence-electron chi connectivity index (χ4n) is 3.15. The van der Waals surface area contributed by atoms with Crippen LogP contribution in [0.15, 0.2) is 41.1 Å². The highest BCUT2D eigenvalue weighted by molar-refractivity contribution is 7.89. The SMILES string of the molecule is CC/C(OCCC[C@H](C)O)=C(\C(=O)Nc1ncc(C)s1)c1ccc(S(=O)(=O)N(C)CCO)cc1. The molecule has 1 atom stereocenters. The van der Waals surface area contributed by atoms with Gasteiger partial charge in [0.05, 0.1) is 29.8 Å². The molecule has 0 radical (unpaired) electrons. The van der Waals surface area contributed by atoms with Crippen molar-refractivity contribution in [1.82, 2.24) is 9.29 Å². The molecule has 2 aromatic rings. The van der Waals surface area contributed by atoms with Gasteiger partial charge in [0.1, 0.15) is 5.76 Å². The average molecular weight is 512 g/mol. The van der Waals surface area contributed by atoms with Gasteiger partial charge in [-0.15, -0.1) is 11.3 Å². The molecule has 11 heteroatoms. The van der Waals surface area contributed by atoms with Crippen LogP contribution in [0.1, 0.15) is 43.6 Å². The van der Waals surface area contributed by atoms with Crippen molar-refractivity contribution in [2.45, 2.75) is 51.0 Å². The molecule has 0 aliphatic heterocycles. The van der Waals surface area contributed by atoms with Gasteiger partial charge in [0.15, 0.2) is 5.13 Å². The Bertz CT molecular complexity index is 1080. The van der Waals surface area contributed by atoms with E-state index in [9.17, 15) is 18.3 Å². The van der Waals surface area contributed by atoms with E-state index in [1.165, 1.54) is 30.5 Å². The second kappa shape index (κ2) is 13.0. The maximum Gasteiger partial charge on any atom is 0.261 e. The lowest BCUT2D eigenvalue weighted by Crippen LogP contribution is -2.29. The summed E-state index contributed by atoms with van der Waals surface area (Å²) in [5.41, 5.74) is 0.793. The maximum absolute atomic E-state index is 13.3. The summed E-state index contributed by atoms with van der Waals surface area (Å²) in [6.45, 7) is 5.49. The Balaban J connectivity index is 2.40. The molecule has 1 amide bonds. The fraction of sp³-hybridized carbons (Fsp3) is 0.478. The smallest absolute Gasteiger partial charge is 0.261 e. The molecule has 0 aliphatic rings. The van der Waals surface area contributed by atoms with E-state index in [0.717, 1.165) is 9.18 Å². The monoisotopic (exact) mass is 511 g/mol. The molecule has 3 N–H and O–H groups in total. The van der Waals surface area contributed by atoms with Gasteiger partial charge < -0.3 is 14.9 Å². The summed E-state index contributed by atoms with van der Waals surface area (Å²) >= 11 is 1.35. The lowest BCUT2D eigenvalue weighted by Gasteiger charge is -2.18. The van der Waals surface area contributed by atoms with Gasteiger partial charge in [0.25, 0.3) is 5.91 Å². The Morgan fingerprint density at radius 2 is 1.97 bits per heavy atom. The van der Waals surface area contributed by atoms with Crippen LogP contribution in [0.3, 0.4) is 0 Å². The van der Waals surface area contributed by atoms with Crippen molar-refractivity contribution < 1.29 is 28.2 Å². The van der Waals surface area contributed by atoms with E-state index in [-0.39, 0.29) is 18.0 Å². The van der Waals surface area contributed by atoms with Crippen molar-refractivity contribution in [2.24, 2.45) is 0 Å². The van der Waals surface area contributed by atoms with E-state index in [1.807, 2.05) is 13.8 Å². The lowest BCUT2D eigenvalue weighted by atomic mass is 10.0. The second-order valence-corrected chi connectivity index (χ2v) is 11.1. The number of rotatable bonds is 13. The molecule has 2 rings (SSSR count). The van der Waals surface area contributed by atoms with Gasteiger partial charge in [-0.25, -0.2) is 13.4 Å². The van der Waals surface area contributed by atoms with Crippen LogP contribution in [0.5, 0.6) is 0 Å². The molecule has 0 bridgehead atoms. The first kappa shape index (κ1) is 27.9. The summed E-state index contributed by atoms with van der Waals surface area (Å²) in [4.78, 5) is 18.5. The summed E-state index contributed by atoms with van der Waals surface area (Å²) in [6.07, 6.45) is 2.86. The number of sulfonamides is 1. The van der Waals surface area contributed by atoms with E-state index >= 15 is 0 Å². The molecule has 0 unspecified atom stereocenters. The van der Waals surface area contributed by atoms with Crippen LogP contribution < -0.4 is 5.32 Å². The van der Waals surface area contributed by atoms with Crippen LogP contribution >= 0.6 is 11.3 Å².